The molecule has 0 aliphatic carbocycles. The predicted molar refractivity (Wildman–Crippen MR) is 70.0 cm³/mol. The number of hydrogen-bond acceptors (Lipinski definition) is 3. The van der Waals surface area contributed by atoms with Crippen molar-refractivity contribution in [2.24, 2.45) is 0 Å². The highest BCUT2D eigenvalue weighted by Gasteiger charge is 2.08. The number of amides is 1. The molecule has 0 aliphatic rings. The molecule has 0 saturated heterocycles. The Morgan fingerprint density at radius 1 is 1.33 bits per heavy atom. The second-order valence-electron chi connectivity index (χ2n) is 3.82. The molecular formula is C13H11ClN2O2. The van der Waals surface area contributed by atoms with Gasteiger partial charge in [-0.3, -0.25) is 4.79 Å². The first-order valence-electron chi connectivity index (χ1n) is 5.29. The molecule has 2 rings (SSSR count). The van der Waals surface area contributed by atoms with Gasteiger partial charge in [0.25, 0.3) is 5.91 Å². The second kappa shape index (κ2) is 5.06. The Morgan fingerprint density at radius 3 is 2.72 bits per heavy atom. The van der Waals surface area contributed by atoms with Gasteiger partial charge in [-0.05, 0) is 42.8 Å². The maximum absolute atomic E-state index is 11.9. The summed E-state index contributed by atoms with van der Waals surface area (Å²) in [5.74, 6) is 0.305. The molecule has 18 heavy (non-hydrogen) atoms. The lowest BCUT2D eigenvalue weighted by Crippen LogP contribution is -2.12. The van der Waals surface area contributed by atoms with E-state index in [-0.39, 0.29) is 11.7 Å². The molecule has 0 atom stereocenters. The fourth-order valence-corrected chi connectivity index (χ4v) is 1.55. The van der Waals surface area contributed by atoms with E-state index < -0.39 is 0 Å². The van der Waals surface area contributed by atoms with Gasteiger partial charge in [-0.2, -0.15) is 0 Å². The quantitative estimate of drug-likeness (QED) is 0.875. The molecule has 92 valence electrons. The third kappa shape index (κ3) is 2.78. The van der Waals surface area contributed by atoms with E-state index in [1.807, 2.05) is 0 Å². The lowest BCUT2D eigenvalue weighted by atomic mass is 10.1. The standard InChI is InChI=1S/C13H11ClN2O2/c1-8-6-9(2-4-11(8)17)13(18)16-12-5-3-10(14)7-15-12/h2-7,17H,1H3,(H,15,16,18). The van der Waals surface area contributed by atoms with Crippen LogP contribution in [0.4, 0.5) is 5.82 Å². The molecule has 1 aromatic carbocycles. The van der Waals surface area contributed by atoms with Crippen LogP contribution in [0.3, 0.4) is 0 Å². The van der Waals surface area contributed by atoms with Crippen molar-refractivity contribution in [2.45, 2.75) is 6.92 Å². The summed E-state index contributed by atoms with van der Waals surface area (Å²) in [6.45, 7) is 1.73. The Bertz CT molecular complexity index is 582. The van der Waals surface area contributed by atoms with E-state index in [4.69, 9.17) is 11.6 Å². The summed E-state index contributed by atoms with van der Waals surface area (Å²) in [5.41, 5.74) is 1.11. The van der Waals surface area contributed by atoms with E-state index in [9.17, 15) is 9.90 Å². The molecule has 0 spiro atoms. The number of aryl methyl sites for hydroxylation is 1. The molecule has 0 aliphatic heterocycles. The van der Waals surface area contributed by atoms with E-state index in [2.05, 4.69) is 10.3 Å². The van der Waals surface area contributed by atoms with Gasteiger partial charge >= 0.3 is 0 Å². The van der Waals surface area contributed by atoms with Gasteiger partial charge in [-0.1, -0.05) is 11.6 Å². The van der Waals surface area contributed by atoms with Crippen LogP contribution in [0.5, 0.6) is 5.75 Å². The molecule has 1 heterocycles. The minimum atomic E-state index is -0.284. The fraction of sp³-hybridized carbons (Fsp3) is 0.0769. The van der Waals surface area contributed by atoms with Crippen molar-refractivity contribution in [2.75, 3.05) is 5.32 Å². The highest BCUT2D eigenvalue weighted by Crippen LogP contribution is 2.18. The number of pyridine rings is 1. The number of anilines is 1. The number of halogens is 1. The molecular weight excluding hydrogens is 252 g/mol. The number of carbonyl (C=O) groups is 1. The largest absolute Gasteiger partial charge is 0.508 e. The summed E-state index contributed by atoms with van der Waals surface area (Å²) in [5, 5.41) is 12.5. The number of benzene rings is 1. The first kappa shape index (κ1) is 12.4. The van der Waals surface area contributed by atoms with Gasteiger partial charge < -0.3 is 10.4 Å². The van der Waals surface area contributed by atoms with E-state index in [1.54, 1.807) is 31.2 Å². The minimum absolute atomic E-state index is 0.163. The number of aromatic hydroxyl groups is 1. The van der Waals surface area contributed by atoms with E-state index >= 15 is 0 Å². The maximum Gasteiger partial charge on any atom is 0.256 e. The van der Waals surface area contributed by atoms with Crippen LogP contribution in [-0.4, -0.2) is 16.0 Å². The molecule has 5 heteroatoms. The summed E-state index contributed by atoms with van der Waals surface area (Å²) >= 11 is 5.70. The van der Waals surface area contributed by atoms with Gasteiger partial charge in [0.05, 0.1) is 5.02 Å². The summed E-state index contributed by atoms with van der Waals surface area (Å²) in [6, 6.07) is 7.91. The third-order valence-corrected chi connectivity index (χ3v) is 2.65. The van der Waals surface area contributed by atoms with Crippen molar-refractivity contribution in [1.29, 1.82) is 0 Å². The molecule has 4 nitrogen and oxygen atoms in total. The Morgan fingerprint density at radius 2 is 2.11 bits per heavy atom. The van der Waals surface area contributed by atoms with Gasteiger partial charge in [0.1, 0.15) is 11.6 Å². The van der Waals surface area contributed by atoms with Crippen LogP contribution >= 0.6 is 11.6 Å². The van der Waals surface area contributed by atoms with Crippen molar-refractivity contribution in [1.82, 2.24) is 4.98 Å². The number of aromatic nitrogens is 1. The van der Waals surface area contributed by atoms with Crippen LogP contribution < -0.4 is 5.32 Å². The molecule has 0 fully saturated rings. The Hall–Kier alpha value is -2.07. The monoisotopic (exact) mass is 262 g/mol. The highest BCUT2D eigenvalue weighted by molar-refractivity contribution is 6.30. The molecule has 2 N–H and O–H groups in total. The number of phenolic OH excluding ortho intramolecular Hbond substituents is 1. The summed E-state index contributed by atoms with van der Waals surface area (Å²) in [4.78, 5) is 15.9. The van der Waals surface area contributed by atoms with Crippen LogP contribution in [0.25, 0.3) is 0 Å². The normalized spacial score (nSPS) is 10.1. The minimum Gasteiger partial charge on any atom is -0.508 e. The van der Waals surface area contributed by atoms with Crippen molar-refractivity contribution < 1.29 is 9.90 Å². The van der Waals surface area contributed by atoms with Crippen LogP contribution in [0.2, 0.25) is 5.02 Å². The SMILES string of the molecule is Cc1cc(C(=O)Nc2ccc(Cl)cn2)ccc1O. The van der Waals surface area contributed by atoms with Gasteiger partial charge in [0.15, 0.2) is 0 Å². The zero-order valence-corrected chi connectivity index (χ0v) is 10.4. The number of phenols is 1. The van der Waals surface area contributed by atoms with Gasteiger partial charge in [-0.15, -0.1) is 0 Å². The summed E-state index contributed by atoms with van der Waals surface area (Å²) in [7, 11) is 0. The van der Waals surface area contributed by atoms with E-state index in [0.717, 1.165) is 0 Å². The van der Waals surface area contributed by atoms with Crippen molar-refractivity contribution in [3.8, 4) is 5.75 Å². The fourth-order valence-electron chi connectivity index (χ4n) is 1.43. The van der Waals surface area contributed by atoms with Crippen LogP contribution in [-0.2, 0) is 0 Å². The van der Waals surface area contributed by atoms with Crippen molar-refractivity contribution in [3.63, 3.8) is 0 Å². The van der Waals surface area contributed by atoms with Gasteiger partial charge in [0.2, 0.25) is 0 Å². The number of carbonyl (C=O) groups excluding carboxylic acids is 1. The molecule has 0 saturated carbocycles. The van der Waals surface area contributed by atoms with Gasteiger partial charge in [0, 0.05) is 11.8 Å². The summed E-state index contributed by atoms with van der Waals surface area (Å²) in [6.07, 6.45) is 1.46. The smallest absolute Gasteiger partial charge is 0.256 e. The van der Waals surface area contributed by atoms with Gasteiger partial charge in [-0.25, -0.2) is 4.98 Å². The number of nitrogens with one attached hydrogen (secondary N) is 1. The lowest BCUT2D eigenvalue weighted by Gasteiger charge is -2.06. The number of hydrogen-bond donors (Lipinski definition) is 2. The topological polar surface area (TPSA) is 62.2 Å². The maximum atomic E-state index is 11.9. The molecule has 0 unspecified atom stereocenters. The predicted octanol–water partition coefficient (Wildman–Crippen LogP) is 3.00. The second-order valence-corrected chi connectivity index (χ2v) is 4.25. The van der Waals surface area contributed by atoms with E-state index in [0.29, 0.717) is 22.0 Å². The highest BCUT2D eigenvalue weighted by atomic mass is 35.5. The Balaban J connectivity index is 2.16. The van der Waals surface area contributed by atoms with Crippen LogP contribution in [0, 0.1) is 6.92 Å². The first-order chi connectivity index (χ1) is 8.56. The number of nitrogens with zero attached hydrogens (tertiary/aromatic N) is 1. The molecule has 1 amide bonds. The van der Waals surface area contributed by atoms with Crippen molar-refractivity contribution in [3.05, 3.63) is 52.7 Å². The molecule has 0 bridgehead atoms. The summed E-state index contributed by atoms with van der Waals surface area (Å²) < 4.78 is 0. The number of rotatable bonds is 2. The Labute approximate surface area is 109 Å². The average Bonchev–Trinajstić information content (AvgIpc) is 2.35. The molecule has 2 aromatic rings. The average molecular weight is 263 g/mol. The zero-order chi connectivity index (χ0) is 13.1. The lowest BCUT2D eigenvalue weighted by molar-refractivity contribution is 0.102. The molecule has 0 radical (unpaired) electrons. The zero-order valence-electron chi connectivity index (χ0n) is 9.64. The Kier molecular flexibility index (Phi) is 3.48. The van der Waals surface area contributed by atoms with Crippen molar-refractivity contribution >= 4 is 23.3 Å². The molecule has 1 aromatic heterocycles. The third-order valence-electron chi connectivity index (χ3n) is 2.43. The van der Waals surface area contributed by atoms with Crippen LogP contribution in [0.15, 0.2) is 36.5 Å². The van der Waals surface area contributed by atoms with Crippen LogP contribution in [0.1, 0.15) is 15.9 Å². The first-order valence-corrected chi connectivity index (χ1v) is 5.66. The van der Waals surface area contributed by atoms with E-state index in [1.165, 1.54) is 12.3 Å².